The fourth-order valence-electron chi connectivity index (χ4n) is 4.65. The fourth-order valence-corrected chi connectivity index (χ4v) is 4.65. The summed E-state index contributed by atoms with van der Waals surface area (Å²) in [6.07, 6.45) is -5.34. The number of nitrogens with zero attached hydrogens (tertiary/aromatic N) is 3. The van der Waals surface area contributed by atoms with Gasteiger partial charge in [0.15, 0.2) is 6.10 Å². The molecule has 0 aliphatic carbocycles. The molecule has 4 aromatic rings. The maximum absolute atomic E-state index is 13.7. The van der Waals surface area contributed by atoms with Crippen molar-refractivity contribution in [2.75, 3.05) is 29.0 Å². The van der Waals surface area contributed by atoms with Gasteiger partial charge in [0.05, 0.1) is 0 Å². The summed E-state index contributed by atoms with van der Waals surface area (Å²) in [4.78, 5) is 56.1. The molecule has 1 aliphatic rings. The van der Waals surface area contributed by atoms with Crippen LogP contribution in [-0.4, -0.2) is 75.2 Å². The molecule has 3 aromatic carbocycles. The van der Waals surface area contributed by atoms with Gasteiger partial charge in [0.1, 0.15) is 11.9 Å². The predicted octanol–water partition coefficient (Wildman–Crippen LogP) is 3.62. The van der Waals surface area contributed by atoms with Gasteiger partial charge in [-0.2, -0.15) is 13.2 Å². The number of amides is 3. The van der Waals surface area contributed by atoms with Gasteiger partial charge in [-0.15, -0.1) is 0 Å². The smallest absolute Gasteiger partial charge is 0.475 e. The number of hydrogen-bond donors (Lipinski definition) is 4. The molecule has 2 unspecified atom stereocenters. The molecule has 0 spiro atoms. The highest BCUT2D eigenvalue weighted by molar-refractivity contribution is 6.08. The SMILES string of the molecule is Cc1ccc(N2CCN(C(=O)c3ccccc3)C(C(O)C(=O)Nc3ccc4c(N)nccc4c3)C2=O)cc1.O=C(O)C(F)(F)F. The standard InChI is InChI=1S/C29H27N5O4.C2HF3O2/c1-18-7-10-22(11-8-18)33-15-16-34(28(37)19-5-3-2-4-6-19)24(29(33)38)25(35)27(36)32-21-9-12-23-20(17-21)13-14-31-26(23)30;3-2(4,5)1(6)7/h2-14,17,24-25,35H,15-16H2,1H3,(H2,30,31)(H,32,36);(H,6,7). The summed E-state index contributed by atoms with van der Waals surface area (Å²) in [5.41, 5.74) is 8.34. The minimum Gasteiger partial charge on any atom is -0.475 e. The first-order valence-corrected chi connectivity index (χ1v) is 13.4. The number of piperazine rings is 1. The Balaban J connectivity index is 0.000000591. The number of carbonyl (C=O) groups is 4. The summed E-state index contributed by atoms with van der Waals surface area (Å²) in [6.45, 7) is 2.31. The van der Waals surface area contributed by atoms with Gasteiger partial charge in [-0.3, -0.25) is 14.4 Å². The highest BCUT2D eigenvalue weighted by Crippen LogP contribution is 2.26. The molecule has 11 nitrogen and oxygen atoms in total. The van der Waals surface area contributed by atoms with E-state index >= 15 is 0 Å². The Bertz CT molecular complexity index is 1720. The number of nitrogen functional groups attached to an aromatic ring is 1. The number of aliphatic hydroxyl groups excluding tert-OH is 1. The molecule has 234 valence electrons. The third-order valence-corrected chi connectivity index (χ3v) is 6.92. The number of alkyl halides is 3. The number of aromatic nitrogens is 1. The number of aliphatic carboxylic acids is 1. The van der Waals surface area contributed by atoms with Crippen molar-refractivity contribution in [2.45, 2.75) is 25.2 Å². The number of carbonyl (C=O) groups excluding carboxylic acids is 3. The van der Waals surface area contributed by atoms with Crippen molar-refractivity contribution in [1.82, 2.24) is 9.88 Å². The number of nitrogens with two attached hydrogens (primary N) is 1. The Hall–Kier alpha value is -5.50. The number of pyridine rings is 1. The van der Waals surface area contributed by atoms with E-state index in [1.54, 1.807) is 72.9 Å². The Morgan fingerprint density at radius 3 is 2.27 bits per heavy atom. The van der Waals surface area contributed by atoms with Gasteiger partial charge in [0, 0.05) is 41.6 Å². The van der Waals surface area contributed by atoms with Crippen molar-refractivity contribution in [3.05, 3.63) is 96.2 Å². The Morgan fingerprint density at radius 2 is 1.64 bits per heavy atom. The molecule has 0 radical (unpaired) electrons. The molecule has 45 heavy (non-hydrogen) atoms. The van der Waals surface area contributed by atoms with Crippen molar-refractivity contribution in [1.29, 1.82) is 0 Å². The van der Waals surface area contributed by atoms with Crippen LogP contribution in [0.3, 0.4) is 0 Å². The van der Waals surface area contributed by atoms with E-state index in [0.29, 0.717) is 22.8 Å². The number of anilines is 3. The molecule has 14 heteroatoms. The second kappa shape index (κ2) is 13.4. The van der Waals surface area contributed by atoms with Gasteiger partial charge in [-0.25, -0.2) is 9.78 Å². The minimum absolute atomic E-state index is 0.143. The second-order valence-corrected chi connectivity index (χ2v) is 10.0. The minimum atomic E-state index is -5.08. The first-order valence-electron chi connectivity index (χ1n) is 13.4. The number of carboxylic acid groups (broad SMARTS) is 1. The Morgan fingerprint density at radius 1 is 1.00 bits per heavy atom. The third kappa shape index (κ3) is 7.54. The molecule has 1 aliphatic heterocycles. The highest BCUT2D eigenvalue weighted by Gasteiger charge is 2.45. The fraction of sp³-hybridized carbons (Fsp3) is 0.194. The van der Waals surface area contributed by atoms with E-state index in [9.17, 15) is 32.7 Å². The van der Waals surface area contributed by atoms with Gasteiger partial charge < -0.3 is 31.1 Å². The van der Waals surface area contributed by atoms with Crippen LogP contribution in [0.5, 0.6) is 0 Å². The first kappa shape index (κ1) is 32.4. The molecular formula is C31H28F3N5O6. The number of hydrogen-bond acceptors (Lipinski definition) is 7. The van der Waals surface area contributed by atoms with Crippen molar-refractivity contribution >= 4 is 51.7 Å². The molecule has 5 N–H and O–H groups in total. The van der Waals surface area contributed by atoms with Gasteiger partial charge in [-0.05, 0) is 60.8 Å². The highest BCUT2D eigenvalue weighted by atomic mass is 19.4. The van der Waals surface area contributed by atoms with Crippen molar-refractivity contribution < 1.29 is 42.6 Å². The molecule has 0 bridgehead atoms. The molecule has 3 amide bonds. The quantitative estimate of drug-likeness (QED) is 0.262. The van der Waals surface area contributed by atoms with Crippen LogP contribution in [0.25, 0.3) is 10.8 Å². The first-order chi connectivity index (χ1) is 21.3. The number of carboxylic acids is 1. The van der Waals surface area contributed by atoms with E-state index in [2.05, 4.69) is 10.3 Å². The van der Waals surface area contributed by atoms with E-state index in [1.165, 1.54) is 9.80 Å². The molecular weight excluding hydrogens is 595 g/mol. The lowest BCUT2D eigenvalue weighted by atomic mass is 10.0. The summed E-state index contributed by atoms with van der Waals surface area (Å²) in [5, 5.41) is 22.5. The Labute approximate surface area is 254 Å². The van der Waals surface area contributed by atoms with Crippen LogP contribution in [0, 0.1) is 6.92 Å². The van der Waals surface area contributed by atoms with Crippen LogP contribution >= 0.6 is 0 Å². The van der Waals surface area contributed by atoms with E-state index < -0.39 is 42.0 Å². The van der Waals surface area contributed by atoms with Gasteiger partial charge >= 0.3 is 12.1 Å². The lowest BCUT2D eigenvalue weighted by molar-refractivity contribution is -0.192. The zero-order chi connectivity index (χ0) is 32.9. The number of benzene rings is 3. The van der Waals surface area contributed by atoms with E-state index in [-0.39, 0.29) is 13.1 Å². The van der Waals surface area contributed by atoms with Crippen molar-refractivity contribution in [2.24, 2.45) is 0 Å². The summed E-state index contributed by atoms with van der Waals surface area (Å²) < 4.78 is 31.7. The normalized spacial score (nSPS) is 15.6. The van der Waals surface area contributed by atoms with Crippen LogP contribution in [-0.2, 0) is 14.4 Å². The number of fused-ring (bicyclic) bond motifs is 1. The number of nitrogens with one attached hydrogen (secondary N) is 1. The summed E-state index contributed by atoms with van der Waals surface area (Å²) in [5.74, 6) is -4.18. The second-order valence-electron chi connectivity index (χ2n) is 10.0. The zero-order valence-corrected chi connectivity index (χ0v) is 23.7. The average Bonchev–Trinajstić information content (AvgIpc) is 3.01. The van der Waals surface area contributed by atoms with Crippen molar-refractivity contribution in [3.8, 4) is 0 Å². The molecule has 2 heterocycles. The van der Waals surface area contributed by atoms with E-state index in [4.69, 9.17) is 15.6 Å². The number of aliphatic hydroxyl groups is 1. The predicted molar refractivity (Wildman–Crippen MR) is 159 cm³/mol. The molecule has 1 aromatic heterocycles. The van der Waals surface area contributed by atoms with E-state index in [0.717, 1.165) is 16.3 Å². The Kier molecular flexibility index (Phi) is 9.67. The molecule has 2 atom stereocenters. The van der Waals surface area contributed by atoms with Crippen LogP contribution < -0.4 is 16.0 Å². The maximum Gasteiger partial charge on any atom is 0.490 e. The van der Waals surface area contributed by atoms with Crippen molar-refractivity contribution in [3.63, 3.8) is 0 Å². The summed E-state index contributed by atoms with van der Waals surface area (Å²) in [7, 11) is 0. The monoisotopic (exact) mass is 623 g/mol. The number of halogens is 3. The zero-order valence-electron chi connectivity index (χ0n) is 23.7. The van der Waals surface area contributed by atoms with Gasteiger partial charge in [-0.1, -0.05) is 35.9 Å². The molecule has 5 rings (SSSR count). The lowest BCUT2D eigenvalue weighted by Crippen LogP contribution is -2.64. The maximum atomic E-state index is 13.7. The summed E-state index contributed by atoms with van der Waals surface area (Å²) >= 11 is 0. The molecule has 1 saturated heterocycles. The number of aryl methyl sites for hydroxylation is 1. The van der Waals surface area contributed by atoms with Crippen LogP contribution in [0.15, 0.2) is 85.1 Å². The number of rotatable bonds is 5. The molecule has 1 fully saturated rings. The lowest BCUT2D eigenvalue weighted by Gasteiger charge is -2.42. The third-order valence-electron chi connectivity index (χ3n) is 6.92. The van der Waals surface area contributed by atoms with Crippen LogP contribution in [0.4, 0.5) is 30.4 Å². The summed E-state index contributed by atoms with van der Waals surface area (Å²) in [6, 6.07) is 21.3. The average molecular weight is 624 g/mol. The van der Waals surface area contributed by atoms with E-state index in [1.807, 2.05) is 19.1 Å². The van der Waals surface area contributed by atoms with Crippen LogP contribution in [0.1, 0.15) is 15.9 Å². The topological polar surface area (TPSA) is 166 Å². The van der Waals surface area contributed by atoms with Gasteiger partial charge in [0.2, 0.25) is 0 Å². The molecule has 0 saturated carbocycles. The van der Waals surface area contributed by atoms with Gasteiger partial charge in [0.25, 0.3) is 17.7 Å². The largest absolute Gasteiger partial charge is 0.490 e. The van der Waals surface area contributed by atoms with Crippen LogP contribution in [0.2, 0.25) is 0 Å².